The number of ether oxygens (including phenoxy) is 1. The molecule has 1 fully saturated rings. The maximum atomic E-state index is 12.0. The number of nitriles is 1. The maximum Gasteiger partial charge on any atom is 0.279 e. The van der Waals surface area contributed by atoms with Gasteiger partial charge in [-0.3, -0.25) is 4.79 Å². The van der Waals surface area contributed by atoms with Gasteiger partial charge in [0.25, 0.3) is 5.91 Å². The molecule has 5 heteroatoms. The van der Waals surface area contributed by atoms with Gasteiger partial charge in [0.1, 0.15) is 25.3 Å². The molecule has 2 rings (SSSR count). The highest BCUT2D eigenvalue weighted by atomic mass is 16.5. The van der Waals surface area contributed by atoms with E-state index in [1.165, 1.54) is 4.90 Å². The fourth-order valence-corrected chi connectivity index (χ4v) is 2.59. The Morgan fingerprint density at radius 3 is 2.50 bits per heavy atom. The van der Waals surface area contributed by atoms with Crippen molar-refractivity contribution < 1.29 is 14.4 Å². The van der Waals surface area contributed by atoms with E-state index in [1.54, 1.807) is 24.3 Å². The van der Waals surface area contributed by atoms with Crippen molar-refractivity contribution in [3.63, 3.8) is 0 Å². The number of amides is 1. The molecule has 5 nitrogen and oxygen atoms in total. The van der Waals surface area contributed by atoms with Gasteiger partial charge in [0.2, 0.25) is 0 Å². The Bertz CT molecular complexity index is 497. The lowest BCUT2D eigenvalue weighted by atomic mass is 10.2. The SMILES string of the molecule is C[C@@H]1C[NH+](CC(=O)Nc2ccc(C#N)cc2)C[C@@H](C)O1. The highest BCUT2D eigenvalue weighted by Gasteiger charge is 2.27. The number of nitrogens with one attached hydrogen (secondary N) is 2. The molecule has 0 aliphatic carbocycles. The van der Waals surface area contributed by atoms with Gasteiger partial charge >= 0.3 is 0 Å². The second-order valence-electron chi connectivity index (χ2n) is 5.33. The molecule has 1 amide bonds. The van der Waals surface area contributed by atoms with E-state index in [0.717, 1.165) is 18.8 Å². The van der Waals surface area contributed by atoms with E-state index in [0.29, 0.717) is 12.1 Å². The van der Waals surface area contributed by atoms with Crippen molar-refractivity contribution in [3.8, 4) is 6.07 Å². The lowest BCUT2D eigenvalue weighted by Gasteiger charge is -2.31. The predicted molar refractivity (Wildman–Crippen MR) is 75.4 cm³/mol. The Hall–Kier alpha value is -1.90. The largest absolute Gasteiger partial charge is 0.364 e. The molecule has 0 unspecified atom stereocenters. The first-order valence-corrected chi connectivity index (χ1v) is 6.86. The lowest BCUT2D eigenvalue weighted by molar-refractivity contribution is -0.907. The number of quaternary nitrogens is 1. The Morgan fingerprint density at radius 2 is 1.95 bits per heavy atom. The number of benzene rings is 1. The summed E-state index contributed by atoms with van der Waals surface area (Å²) >= 11 is 0. The number of nitrogens with zero attached hydrogens (tertiary/aromatic N) is 1. The minimum absolute atomic E-state index is 0.00833. The van der Waals surface area contributed by atoms with Gasteiger partial charge in [-0.2, -0.15) is 5.26 Å². The van der Waals surface area contributed by atoms with Crippen molar-refractivity contribution >= 4 is 11.6 Å². The third-order valence-corrected chi connectivity index (χ3v) is 3.33. The molecule has 1 aliphatic heterocycles. The van der Waals surface area contributed by atoms with Crippen molar-refractivity contribution in [3.05, 3.63) is 29.8 Å². The third-order valence-electron chi connectivity index (χ3n) is 3.33. The van der Waals surface area contributed by atoms with Crippen LogP contribution in [0.4, 0.5) is 5.69 Å². The van der Waals surface area contributed by atoms with Gasteiger partial charge in [-0.1, -0.05) is 0 Å². The van der Waals surface area contributed by atoms with E-state index in [4.69, 9.17) is 10.00 Å². The summed E-state index contributed by atoms with van der Waals surface area (Å²) in [4.78, 5) is 13.2. The summed E-state index contributed by atoms with van der Waals surface area (Å²) in [7, 11) is 0. The van der Waals surface area contributed by atoms with E-state index in [1.807, 2.05) is 13.8 Å². The summed E-state index contributed by atoms with van der Waals surface area (Å²) in [6, 6.07) is 8.94. The first-order valence-electron chi connectivity index (χ1n) is 6.86. The van der Waals surface area contributed by atoms with E-state index < -0.39 is 0 Å². The van der Waals surface area contributed by atoms with Crippen LogP contribution in [-0.2, 0) is 9.53 Å². The Kier molecular flexibility index (Phi) is 4.72. The summed E-state index contributed by atoms with van der Waals surface area (Å²) in [5, 5.41) is 11.6. The van der Waals surface area contributed by atoms with Crippen molar-refractivity contribution in [2.24, 2.45) is 0 Å². The standard InChI is InChI=1S/C15H19N3O2/c1-11-8-18(9-12(2)20-11)10-15(19)17-14-5-3-13(7-16)4-6-14/h3-6,11-12H,8-10H2,1-2H3,(H,17,19)/p+1/t11-,12-/m1/s1. The molecule has 1 heterocycles. The molecule has 0 radical (unpaired) electrons. The first-order chi connectivity index (χ1) is 9.56. The second-order valence-corrected chi connectivity index (χ2v) is 5.33. The molecule has 20 heavy (non-hydrogen) atoms. The Morgan fingerprint density at radius 1 is 1.35 bits per heavy atom. The van der Waals surface area contributed by atoms with Gasteiger partial charge in [0.05, 0.1) is 11.6 Å². The van der Waals surface area contributed by atoms with Crippen LogP contribution in [-0.4, -0.2) is 37.7 Å². The van der Waals surface area contributed by atoms with E-state index in [9.17, 15) is 4.79 Å². The van der Waals surface area contributed by atoms with Crippen LogP contribution in [0.5, 0.6) is 0 Å². The Labute approximate surface area is 119 Å². The van der Waals surface area contributed by atoms with Crippen LogP contribution in [0, 0.1) is 11.3 Å². The number of morpholine rings is 1. The molecular formula is C15H20N3O2+. The minimum Gasteiger partial charge on any atom is -0.364 e. The van der Waals surface area contributed by atoms with Gasteiger partial charge in [-0.25, -0.2) is 0 Å². The van der Waals surface area contributed by atoms with E-state index >= 15 is 0 Å². The molecule has 1 aliphatic rings. The van der Waals surface area contributed by atoms with Gasteiger partial charge < -0.3 is 15.0 Å². The summed E-state index contributed by atoms with van der Waals surface area (Å²) in [5.74, 6) is -0.00833. The normalized spacial score (nSPS) is 25.8. The van der Waals surface area contributed by atoms with Gasteiger partial charge in [-0.05, 0) is 38.1 Å². The highest BCUT2D eigenvalue weighted by Crippen LogP contribution is 2.08. The van der Waals surface area contributed by atoms with Crippen LogP contribution < -0.4 is 10.2 Å². The van der Waals surface area contributed by atoms with Crippen LogP contribution in [0.1, 0.15) is 19.4 Å². The molecule has 0 bridgehead atoms. The maximum absolute atomic E-state index is 12.0. The van der Waals surface area contributed by atoms with Crippen LogP contribution in [0.25, 0.3) is 0 Å². The summed E-state index contributed by atoms with van der Waals surface area (Å²) in [5.41, 5.74) is 1.31. The minimum atomic E-state index is -0.00833. The van der Waals surface area contributed by atoms with Crippen molar-refractivity contribution in [2.75, 3.05) is 25.0 Å². The van der Waals surface area contributed by atoms with Crippen molar-refractivity contribution in [2.45, 2.75) is 26.1 Å². The van der Waals surface area contributed by atoms with E-state index in [2.05, 4.69) is 11.4 Å². The lowest BCUT2D eigenvalue weighted by Crippen LogP contribution is -3.16. The zero-order chi connectivity index (χ0) is 14.5. The average molecular weight is 274 g/mol. The number of carbonyl (C=O) groups is 1. The zero-order valence-electron chi connectivity index (χ0n) is 11.8. The summed E-state index contributed by atoms with van der Waals surface area (Å²) in [6.45, 7) is 6.22. The summed E-state index contributed by atoms with van der Waals surface area (Å²) < 4.78 is 5.66. The monoisotopic (exact) mass is 274 g/mol. The van der Waals surface area contributed by atoms with Crippen LogP contribution in [0.2, 0.25) is 0 Å². The number of hydrogen-bond donors (Lipinski definition) is 2. The fraction of sp³-hybridized carbons (Fsp3) is 0.467. The topological polar surface area (TPSA) is 66.6 Å². The van der Waals surface area contributed by atoms with Crippen molar-refractivity contribution in [1.29, 1.82) is 5.26 Å². The molecule has 1 aromatic carbocycles. The number of anilines is 1. The molecule has 2 N–H and O–H groups in total. The zero-order valence-corrected chi connectivity index (χ0v) is 11.8. The van der Waals surface area contributed by atoms with Crippen LogP contribution in [0.3, 0.4) is 0 Å². The quantitative estimate of drug-likeness (QED) is 0.827. The second kappa shape index (κ2) is 6.51. The third kappa shape index (κ3) is 4.05. The molecular weight excluding hydrogens is 254 g/mol. The number of carbonyl (C=O) groups excluding carboxylic acids is 1. The van der Waals surface area contributed by atoms with Crippen LogP contribution in [0.15, 0.2) is 24.3 Å². The first kappa shape index (κ1) is 14.5. The predicted octanol–water partition coefficient (Wildman–Crippen LogP) is 0.189. The molecule has 0 aromatic heterocycles. The average Bonchev–Trinajstić information content (AvgIpc) is 2.38. The number of rotatable bonds is 3. The van der Waals surface area contributed by atoms with Gasteiger partial charge in [0.15, 0.2) is 6.54 Å². The molecule has 106 valence electrons. The molecule has 2 atom stereocenters. The number of hydrogen-bond acceptors (Lipinski definition) is 3. The smallest absolute Gasteiger partial charge is 0.279 e. The van der Waals surface area contributed by atoms with E-state index in [-0.39, 0.29) is 18.1 Å². The van der Waals surface area contributed by atoms with Gasteiger partial charge in [0, 0.05) is 5.69 Å². The summed E-state index contributed by atoms with van der Waals surface area (Å²) in [6.07, 6.45) is 0.382. The molecule has 1 aromatic rings. The molecule has 1 saturated heterocycles. The fourth-order valence-electron chi connectivity index (χ4n) is 2.59. The Balaban J connectivity index is 1.87. The van der Waals surface area contributed by atoms with Crippen LogP contribution >= 0.6 is 0 Å². The molecule has 0 spiro atoms. The highest BCUT2D eigenvalue weighted by molar-refractivity contribution is 5.91. The van der Waals surface area contributed by atoms with Gasteiger partial charge in [-0.15, -0.1) is 0 Å². The molecule has 0 saturated carbocycles. The van der Waals surface area contributed by atoms with Crippen molar-refractivity contribution in [1.82, 2.24) is 0 Å².